The maximum atomic E-state index is 13.2. The number of rotatable bonds is 13. The van der Waals surface area contributed by atoms with Gasteiger partial charge in [-0.1, -0.05) is 18.2 Å². The average Bonchev–Trinajstić information content (AvgIpc) is 3.54. The molecule has 0 bridgehead atoms. The van der Waals surface area contributed by atoms with Gasteiger partial charge in [0.15, 0.2) is 0 Å². The molecule has 1 aromatic carbocycles. The smallest absolute Gasteiger partial charge is 0.326 e. The summed E-state index contributed by atoms with van der Waals surface area (Å²) >= 11 is 4.21. The van der Waals surface area contributed by atoms with Crippen LogP contribution >= 0.6 is 12.6 Å². The summed E-state index contributed by atoms with van der Waals surface area (Å²) in [7, 11) is 0. The van der Waals surface area contributed by atoms with Crippen LogP contribution in [0.3, 0.4) is 0 Å². The van der Waals surface area contributed by atoms with Gasteiger partial charge in [-0.05, 0) is 56.7 Å². The number of H-pyrrole nitrogens is 1. The van der Waals surface area contributed by atoms with Crippen LogP contribution in [0.4, 0.5) is 0 Å². The standard InChI is InChI=1S/C25H36N6O5S/c26-10-4-3-8-19(24(34)31-11-5-9-21(31)25(35)36)29-23(33)20(14-37)30-22(32)17(27)12-15-13-28-18-7-2-1-6-16(15)18/h1-2,6-7,13,17,19-21,28,37H,3-5,8-12,14,26-27H2,(H,29,33)(H,30,32)(H,35,36). The van der Waals surface area contributed by atoms with Crippen molar-refractivity contribution in [2.75, 3.05) is 18.8 Å². The number of carboxylic acid groups (broad SMARTS) is 1. The van der Waals surface area contributed by atoms with E-state index in [1.54, 1.807) is 6.20 Å². The van der Waals surface area contributed by atoms with Gasteiger partial charge in [-0.15, -0.1) is 0 Å². The highest BCUT2D eigenvalue weighted by molar-refractivity contribution is 7.80. The number of fused-ring (bicyclic) bond motifs is 1. The number of hydrogen-bond donors (Lipinski definition) is 7. The molecule has 8 N–H and O–H groups in total. The normalized spacial score (nSPS) is 17.8. The highest BCUT2D eigenvalue weighted by Gasteiger charge is 2.38. The second kappa shape index (κ2) is 13.5. The van der Waals surface area contributed by atoms with Crippen molar-refractivity contribution in [1.82, 2.24) is 20.5 Å². The highest BCUT2D eigenvalue weighted by Crippen LogP contribution is 2.20. The Bertz CT molecular complexity index is 1110. The molecule has 12 heteroatoms. The van der Waals surface area contributed by atoms with Gasteiger partial charge in [-0.2, -0.15) is 12.6 Å². The lowest BCUT2D eigenvalue weighted by Gasteiger charge is -2.28. The summed E-state index contributed by atoms with van der Waals surface area (Å²) in [6, 6.07) is 3.90. The Morgan fingerprint density at radius 3 is 2.57 bits per heavy atom. The molecule has 3 rings (SSSR count). The molecule has 1 aromatic heterocycles. The fourth-order valence-electron chi connectivity index (χ4n) is 4.61. The molecule has 3 amide bonds. The van der Waals surface area contributed by atoms with Crippen LogP contribution in [0.15, 0.2) is 30.5 Å². The van der Waals surface area contributed by atoms with Crippen LogP contribution in [0.2, 0.25) is 0 Å². The van der Waals surface area contributed by atoms with Crippen LogP contribution in [0, 0.1) is 0 Å². The number of nitrogens with zero attached hydrogens (tertiary/aromatic N) is 1. The number of nitrogens with one attached hydrogen (secondary N) is 3. The highest BCUT2D eigenvalue weighted by atomic mass is 32.1. The van der Waals surface area contributed by atoms with Gasteiger partial charge in [-0.25, -0.2) is 4.79 Å². The first-order valence-corrected chi connectivity index (χ1v) is 13.2. The van der Waals surface area contributed by atoms with Crippen molar-refractivity contribution >= 4 is 47.2 Å². The second-order valence-corrected chi connectivity index (χ2v) is 9.65. The lowest BCUT2D eigenvalue weighted by atomic mass is 10.0. The molecular weight excluding hydrogens is 496 g/mol. The van der Waals surface area contributed by atoms with Gasteiger partial charge in [0.2, 0.25) is 17.7 Å². The molecule has 4 atom stereocenters. The van der Waals surface area contributed by atoms with Crippen LogP contribution in [-0.2, 0) is 25.6 Å². The molecule has 1 aliphatic rings. The van der Waals surface area contributed by atoms with Gasteiger partial charge >= 0.3 is 5.97 Å². The number of aliphatic carboxylic acids is 1. The zero-order valence-electron chi connectivity index (χ0n) is 20.7. The molecule has 1 saturated heterocycles. The van der Waals surface area contributed by atoms with E-state index in [1.165, 1.54) is 4.90 Å². The number of amides is 3. The summed E-state index contributed by atoms with van der Waals surface area (Å²) in [4.78, 5) is 55.1. The molecular formula is C25H36N6O5S. The molecule has 11 nitrogen and oxygen atoms in total. The van der Waals surface area contributed by atoms with Gasteiger partial charge in [0.05, 0.1) is 6.04 Å². The van der Waals surface area contributed by atoms with Gasteiger partial charge in [0, 0.05) is 29.4 Å². The minimum Gasteiger partial charge on any atom is -0.480 e. The Hall–Kier alpha value is -3.09. The van der Waals surface area contributed by atoms with E-state index in [-0.39, 0.29) is 12.2 Å². The molecule has 0 spiro atoms. The van der Waals surface area contributed by atoms with E-state index >= 15 is 0 Å². The summed E-state index contributed by atoms with van der Waals surface area (Å²) < 4.78 is 0. The SMILES string of the molecule is NCCCCC(NC(=O)C(CS)NC(=O)C(N)Cc1c[nH]c2ccccc12)C(=O)N1CCCC1C(=O)O. The topological polar surface area (TPSA) is 184 Å². The Morgan fingerprint density at radius 1 is 1.14 bits per heavy atom. The second-order valence-electron chi connectivity index (χ2n) is 9.29. The molecule has 1 fully saturated rings. The molecule has 0 radical (unpaired) electrons. The maximum Gasteiger partial charge on any atom is 0.326 e. The number of carbonyl (C=O) groups is 4. The fourth-order valence-corrected chi connectivity index (χ4v) is 4.87. The van der Waals surface area contributed by atoms with Crippen LogP contribution in [-0.4, -0.2) is 81.7 Å². The minimum atomic E-state index is -1.07. The van der Waals surface area contributed by atoms with Crippen molar-refractivity contribution in [3.8, 4) is 0 Å². The maximum absolute atomic E-state index is 13.2. The first-order valence-electron chi connectivity index (χ1n) is 12.5. The number of likely N-dealkylation sites (tertiary alicyclic amines) is 1. The molecule has 0 aliphatic carbocycles. The number of nitrogens with two attached hydrogens (primary N) is 2. The van der Waals surface area contributed by atoms with Crippen molar-refractivity contribution in [2.45, 2.75) is 62.7 Å². The Balaban J connectivity index is 1.64. The Kier molecular flexibility index (Phi) is 10.4. The van der Waals surface area contributed by atoms with E-state index in [1.807, 2.05) is 24.3 Å². The van der Waals surface area contributed by atoms with Crippen molar-refractivity contribution in [3.05, 3.63) is 36.0 Å². The number of carboxylic acids is 1. The third-order valence-electron chi connectivity index (χ3n) is 6.65. The molecule has 2 aromatic rings. The first kappa shape index (κ1) is 28.5. The zero-order chi connectivity index (χ0) is 26.9. The average molecular weight is 533 g/mol. The predicted molar refractivity (Wildman–Crippen MR) is 143 cm³/mol. The zero-order valence-corrected chi connectivity index (χ0v) is 21.6. The number of para-hydroxylation sites is 1. The van der Waals surface area contributed by atoms with E-state index in [0.717, 1.165) is 16.5 Å². The molecule has 0 saturated carbocycles. The number of hydrogen-bond acceptors (Lipinski definition) is 7. The molecule has 202 valence electrons. The van der Waals surface area contributed by atoms with Crippen LogP contribution in [0.5, 0.6) is 0 Å². The van der Waals surface area contributed by atoms with Gasteiger partial charge < -0.3 is 37.1 Å². The molecule has 4 unspecified atom stereocenters. The van der Waals surface area contributed by atoms with Gasteiger partial charge in [0.1, 0.15) is 18.1 Å². The number of aromatic amines is 1. The summed E-state index contributed by atoms with van der Waals surface area (Å²) in [6.07, 6.45) is 4.55. The molecule has 1 aliphatic heterocycles. The molecule has 37 heavy (non-hydrogen) atoms. The Labute approximate surface area is 221 Å². The number of aromatic nitrogens is 1. The number of benzene rings is 1. The summed E-state index contributed by atoms with van der Waals surface area (Å²) in [6.45, 7) is 0.744. The van der Waals surface area contributed by atoms with E-state index < -0.39 is 47.9 Å². The van der Waals surface area contributed by atoms with Gasteiger partial charge in [-0.3, -0.25) is 14.4 Å². The fraction of sp³-hybridized carbons (Fsp3) is 0.520. The van der Waals surface area contributed by atoms with Crippen molar-refractivity contribution < 1.29 is 24.3 Å². The quantitative estimate of drug-likeness (QED) is 0.141. The van der Waals surface area contributed by atoms with Crippen LogP contribution < -0.4 is 22.1 Å². The minimum absolute atomic E-state index is 0.0114. The predicted octanol–water partition coefficient (Wildman–Crippen LogP) is 0.142. The van der Waals surface area contributed by atoms with Crippen molar-refractivity contribution in [2.24, 2.45) is 11.5 Å². The van der Waals surface area contributed by atoms with E-state index in [9.17, 15) is 24.3 Å². The van der Waals surface area contributed by atoms with Crippen molar-refractivity contribution in [3.63, 3.8) is 0 Å². The monoisotopic (exact) mass is 532 g/mol. The van der Waals surface area contributed by atoms with E-state index in [2.05, 4.69) is 28.2 Å². The lowest BCUT2D eigenvalue weighted by molar-refractivity contribution is -0.149. The summed E-state index contributed by atoms with van der Waals surface area (Å²) in [5.41, 5.74) is 13.5. The van der Waals surface area contributed by atoms with Gasteiger partial charge in [0.25, 0.3) is 0 Å². The van der Waals surface area contributed by atoms with E-state index in [4.69, 9.17) is 11.5 Å². The van der Waals surface area contributed by atoms with Crippen molar-refractivity contribution in [1.29, 1.82) is 0 Å². The third kappa shape index (κ3) is 7.24. The summed E-state index contributed by atoms with van der Waals surface area (Å²) in [5, 5.41) is 15.8. The summed E-state index contributed by atoms with van der Waals surface area (Å²) in [5.74, 6) is -2.63. The Morgan fingerprint density at radius 2 is 1.86 bits per heavy atom. The van der Waals surface area contributed by atoms with Crippen LogP contribution in [0.25, 0.3) is 10.9 Å². The molecule has 2 heterocycles. The number of carbonyl (C=O) groups excluding carboxylic acids is 3. The van der Waals surface area contributed by atoms with E-state index in [0.29, 0.717) is 45.2 Å². The first-order chi connectivity index (χ1) is 17.8. The number of thiol groups is 1. The third-order valence-corrected chi connectivity index (χ3v) is 7.01. The lowest BCUT2D eigenvalue weighted by Crippen LogP contribution is -2.57. The largest absolute Gasteiger partial charge is 0.480 e. The number of unbranched alkanes of at least 4 members (excludes halogenated alkanes) is 1. The van der Waals surface area contributed by atoms with Crippen LogP contribution in [0.1, 0.15) is 37.7 Å².